The molecule has 2 heterocycles. The SMILES string of the molecule is O=C(Nc1ccc(-c2nc3ccccc3n2C(F)F)cc1)c1ncc(Cl)c(Cl)c1Cl. The van der Waals surface area contributed by atoms with Gasteiger partial charge in [0.25, 0.3) is 5.91 Å². The summed E-state index contributed by atoms with van der Waals surface area (Å²) in [5.41, 5.74) is 1.59. The number of para-hydroxylation sites is 2. The van der Waals surface area contributed by atoms with Gasteiger partial charge in [-0.2, -0.15) is 8.78 Å². The van der Waals surface area contributed by atoms with Crippen molar-refractivity contribution in [2.75, 3.05) is 5.32 Å². The Morgan fingerprint density at radius 2 is 1.70 bits per heavy atom. The number of alkyl halides is 2. The number of carbonyl (C=O) groups is 1. The third kappa shape index (κ3) is 3.71. The summed E-state index contributed by atoms with van der Waals surface area (Å²) in [6.07, 6.45) is 1.22. The van der Waals surface area contributed by atoms with Crippen LogP contribution in [0, 0.1) is 0 Å². The van der Waals surface area contributed by atoms with Crippen LogP contribution in [0.5, 0.6) is 0 Å². The minimum atomic E-state index is -2.75. The molecular formula is C20H11Cl3F2N4O. The molecule has 0 saturated carbocycles. The van der Waals surface area contributed by atoms with E-state index >= 15 is 0 Å². The zero-order valence-corrected chi connectivity index (χ0v) is 17.2. The second-order valence-electron chi connectivity index (χ2n) is 6.19. The second-order valence-corrected chi connectivity index (χ2v) is 7.35. The number of rotatable bonds is 4. The van der Waals surface area contributed by atoms with Crippen molar-refractivity contribution in [3.8, 4) is 11.4 Å². The van der Waals surface area contributed by atoms with Crippen LogP contribution in [0.4, 0.5) is 14.5 Å². The van der Waals surface area contributed by atoms with Gasteiger partial charge >= 0.3 is 6.55 Å². The van der Waals surface area contributed by atoms with Crippen molar-refractivity contribution in [1.82, 2.24) is 14.5 Å². The molecule has 4 rings (SSSR count). The summed E-state index contributed by atoms with van der Waals surface area (Å²) in [7, 11) is 0. The lowest BCUT2D eigenvalue weighted by Crippen LogP contribution is -2.14. The third-order valence-electron chi connectivity index (χ3n) is 4.32. The Morgan fingerprint density at radius 1 is 1.00 bits per heavy atom. The molecule has 0 spiro atoms. The van der Waals surface area contributed by atoms with E-state index in [0.717, 1.165) is 4.57 Å². The topological polar surface area (TPSA) is 59.8 Å². The van der Waals surface area contributed by atoms with Gasteiger partial charge < -0.3 is 5.32 Å². The Labute approximate surface area is 184 Å². The molecule has 5 nitrogen and oxygen atoms in total. The standard InChI is InChI=1S/C20H11Cl3F2N4O/c21-12-9-26-17(16(23)15(12)22)19(30)27-11-7-5-10(6-8-11)18-28-13-3-1-2-4-14(13)29(18)20(24)25/h1-9,20H,(H,27,30). The molecule has 30 heavy (non-hydrogen) atoms. The highest BCUT2D eigenvalue weighted by Gasteiger charge is 2.20. The quantitative estimate of drug-likeness (QED) is 0.363. The fourth-order valence-corrected chi connectivity index (χ4v) is 3.51. The zero-order chi connectivity index (χ0) is 21.4. The van der Waals surface area contributed by atoms with Gasteiger partial charge in [0.1, 0.15) is 11.5 Å². The highest BCUT2D eigenvalue weighted by Crippen LogP contribution is 2.32. The van der Waals surface area contributed by atoms with Gasteiger partial charge in [0.15, 0.2) is 0 Å². The zero-order valence-electron chi connectivity index (χ0n) is 14.9. The number of hydrogen-bond donors (Lipinski definition) is 1. The first kappa shape index (κ1) is 20.5. The summed E-state index contributed by atoms with van der Waals surface area (Å²) in [6, 6.07) is 12.9. The van der Waals surface area contributed by atoms with Gasteiger partial charge in [-0.25, -0.2) is 9.97 Å². The molecule has 4 aromatic rings. The minimum Gasteiger partial charge on any atom is -0.321 e. The molecule has 1 N–H and O–H groups in total. The van der Waals surface area contributed by atoms with E-state index in [1.165, 1.54) is 6.20 Å². The smallest absolute Gasteiger partial charge is 0.320 e. The van der Waals surface area contributed by atoms with Crippen molar-refractivity contribution >= 4 is 57.4 Å². The van der Waals surface area contributed by atoms with Crippen LogP contribution in [0.2, 0.25) is 15.1 Å². The molecule has 0 saturated heterocycles. The van der Waals surface area contributed by atoms with Crippen LogP contribution in [0.25, 0.3) is 22.4 Å². The lowest BCUT2D eigenvalue weighted by molar-refractivity contribution is 0.0764. The number of aromatic nitrogens is 3. The molecule has 0 aliphatic carbocycles. The molecule has 0 aliphatic heterocycles. The van der Waals surface area contributed by atoms with Crippen LogP contribution in [-0.2, 0) is 0 Å². The molecule has 0 aliphatic rings. The number of carbonyl (C=O) groups excluding carboxylic acids is 1. The Bertz CT molecular complexity index is 1260. The van der Waals surface area contributed by atoms with E-state index in [-0.39, 0.29) is 26.6 Å². The van der Waals surface area contributed by atoms with Crippen molar-refractivity contribution in [3.05, 3.63) is 75.5 Å². The number of hydrogen-bond acceptors (Lipinski definition) is 3. The summed E-state index contributed by atoms with van der Waals surface area (Å²) < 4.78 is 28.1. The highest BCUT2D eigenvalue weighted by atomic mass is 35.5. The van der Waals surface area contributed by atoms with E-state index in [1.807, 2.05) is 0 Å². The Hall–Kier alpha value is -2.74. The van der Waals surface area contributed by atoms with E-state index in [9.17, 15) is 13.6 Å². The minimum absolute atomic E-state index is 0.0275. The van der Waals surface area contributed by atoms with Gasteiger partial charge in [0.2, 0.25) is 0 Å². The molecular weight excluding hydrogens is 457 g/mol. The summed E-state index contributed by atoms with van der Waals surface area (Å²) in [5.74, 6) is -0.468. The van der Waals surface area contributed by atoms with E-state index in [2.05, 4.69) is 15.3 Å². The number of nitrogens with zero attached hydrogens (tertiary/aromatic N) is 3. The van der Waals surface area contributed by atoms with Gasteiger partial charge in [-0.05, 0) is 36.4 Å². The van der Waals surface area contributed by atoms with Gasteiger partial charge in [-0.15, -0.1) is 0 Å². The summed E-state index contributed by atoms with van der Waals surface area (Å²) in [4.78, 5) is 20.6. The van der Waals surface area contributed by atoms with Crippen LogP contribution in [0.1, 0.15) is 17.0 Å². The normalized spacial score (nSPS) is 11.3. The maximum atomic E-state index is 13.6. The number of pyridine rings is 1. The predicted octanol–water partition coefficient (Wildman–Crippen LogP) is 6.71. The Balaban J connectivity index is 1.63. The van der Waals surface area contributed by atoms with E-state index in [4.69, 9.17) is 34.8 Å². The van der Waals surface area contributed by atoms with Gasteiger partial charge in [0.05, 0.1) is 26.1 Å². The van der Waals surface area contributed by atoms with Gasteiger partial charge in [-0.1, -0.05) is 46.9 Å². The predicted molar refractivity (Wildman–Crippen MR) is 114 cm³/mol. The number of benzene rings is 2. The molecule has 0 fully saturated rings. The second kappa shape index (κ2) is 8.18. The Kier molecular flexibility index (Phi) is 5.60. The number of fused-ring (bicyclic) bond motifs is 1. The number of halogens is 5. The first-order chi connectivity index (χ1) is 14.4. The summed E-state index contributed by atoms with van der Waals surface area (Å²) >= 11 is 17.8. The van der Waals surface area contributed by atoms with E-state index in [1.54, 1.807) is 48.5 Å². The fourth-order valence-electron chi connectivity index (χ4n) is 2.94. The molecule has 2 aromatic carbocycles. The van der Waals surface area contributed by atoms with Crippen molar-refractivity contribution in [3.63, 3.8) is 0 Å². The number of imidazole rings is 1. The Morgan fingerprint density at radius 3 is 2.40 bits per heavy atom. The molecule has 1 amide bonds. The number of nitrogens with one attached hydrogen (secondary N) is 1. The van der Waals surface area contributed by atoms with E-state index < -0.39 is 12.5 Å². The first-order valence-electron chi connectivity index (χ1n) is 8.53. The van der Waals surface area contributed by atoms with Crippen LogP contribution in [-0.4, -0.2) is 20.4 Å². The van der Waals surface area contributed by atoms with Gasteiger partial charge in [-0.3, -0.25) is 9.36 Å². The third-order valence-corrected chi connectivity index (χ3v) is 5.56. The molecule has 0 bridgehead atoms. The largest absolute Gasteiger partial charge is 0.321 e. The molecule has 10 heteroatoms. The lowest BCUT2D eigenvalue weighted by Gasteiger charge is -2.10. The summed E-state index contributed by atoms with van der Waals surface area (Å²) in [5, 5.41) is 2.72. The van der Waals surface area contributed by atoms with E-state index in [0.29, 0.717) is 22.3 Å². The van der Waals surface area contributed by atoms with Crippen molar-refractivity contribution in [2.24, 2.45) is 0 Å². The number of anilines is 1. The fraction of sp³-hybridized carbons (Fsp3) is 0.0500. The average molecular weight is 468 g/mol. The van der Waals surface area contributed by atoms with Crippen molar-refractivity contribution in [2.45, 2.75) is 6.55 Å². The first-order valence-corrected chi connectivity index (χ1v) is 9.66. The molecule has 0 atom stereocenters. The monoisotopic (exact) mass is 466 g/mol. The highest BCUT2D eigenvalue weighted by molar-refractivity contribution is 6.49. The van der Waals surface area contributed by atoms with Crippen LogP contribution >= 0.6 is 34.8 Å². The summed E-state index contributed by atoms with van der Waals surface area (Å²) in [6.45, 7) is -2.75. The van der Waals surface area contributed by atoms with Crippen LogP contribution < -0.4 is 5.32 Å². The molecule has 0 radical (unpaired) electrons. The van der Waals surface area contributed by atoms with Crippen LogP contribution in [0.3, 0.4) is 0 Å². The molecule has 0 unspecified atom stereocenters. The maximum absolute atomic E-state index is 13.6. The average Bonchev–Trinajstić information content (AvgIpc) is 3.12. The molecule has 2 aromatic heterocycles. The van der Waals surface area contributed by atoms with Crippen molar-refractivity contribution in [1.29, 1.82) is 0 Å². The van der Waals surface area contributed by atoms with Crippen LogP contribution in [0.15, 0.2) is 54.7 Å². The van der Waals surface area contributed by atoms with Gasteiger partial charge in [0, 0.05) is 17.4 Å². The lowest BCUT2D eigenvalue weighted by atomic mass is 10.2. The van der Waals surface area contributed by atoms with Crippen molar-refractivity contribution < 1.29 is 13.6 Å². The number of amides is 1. The molecule has 152 valence electrons. The maximum Gasteiger partial charge on any atom is 0.320 e.